The number of nitrogens with one attached hydrogen (secondary N) is 1. The van der Waals surface area contributed by atoms with Crippen molar-refractivity contribution in [3.63, 3.8) is 0 Å². The normalized spacial score (nSPS) is 26.1. The van der Waals surface area contributed by atoms with Gasteiger partial charge in [0.25, 0.3) is 5.91 Å². The number of rotatable bonds is 3. The van der Waals surface area contributed by atoms with Gasteiger partial charge in [-0.25, -0.2) is 0 Å². The Hall–Kier alpha value is -1.35. The van der Waals surface area contributed by atoms with E-state index in [1.54, 1.807) is 0 Å². The molecular weight excluding hydrogens is 226 g/mol. The van der Waals surface area contributed by atoms with Gasteiger partial charge in [-0.3, -0.25) is 4.79 Å². The van der Waals surface area contributed by atoms with Gasteiger partial charge >= 0.3 is 0 Å². The van der Waals surface area contributed by atoms with E-state index in [0.29, 0.717) is 5.56 Å². The molecule has 1 aromatic carbocycles. The van der Waals surface area contributed by atoms with Crippen LogP contribution in [0.5, 0.6) is 0 Å². The lowest BCUT2D eigenvalue weighted by atomic mass is 9.57. The first kappa shape index (κ1) is 13.1. The summed E-state index contributed by atoms with van der Waals surface area (Å²) in [6, 6.07) is 9.22. The van der Waals surface area contributed by atoms with Crippen LogP contribution in [0, 0.1) is 11.8 Å². The molecule has 1 fully saturated rings. The molecule has 1 aliphatic rings. The Labute approximate surface area is 108 Å². The highest BCUT2D eigenvalue weighted by Crippen LogP contribution is 2.49. The molecule has 2 N–H and O–H groups in total. The van der Waals surface area contributed by atoms with E-state index in [4.69, 9.17) is 0 Å². The molecule has 0 spiro atoms. The van der Waals surface area contributed by atoms with Crippen molar-refractivity contribution in [2.24, 2.45) is 11.8 Å². The second-order valence-corrected chi connectivity index (χ2v) is 5.71. The number of aliphatic hydroxyl groups is 1. The summed E-state index contributed by atoms with van der Waals surface area (Å²) in [5, 5.41) is 13.9. The quantitative estimate of drug-likeness (QED) is 0.803. The third-order valence-corrected chi connectivity index (χ3v) is 4.26. The van der Waals surface area contributed by atoms with Gasteiger partial charge in [0.15, 0.2) is 5.60 Å². The van der Waals surface area contributed by atoms with E-state index >= 15 is 0 Å². The maximum absolute atomic E-state index is 12.0. The summed E-state index contributed by atoms with van der Waals surface area (Å²) in [4.78, 5) is 12.0. The average molecular weight is 247 g/mol. The van der Waals surface area contributed by atoms with Crippen molar-refractivity contribution in [1.82, 2.24) is 5.32 Å². The van der Waals surface area contributed by atoms with Gasteiger partial charge in [0.05, 0.1) is 5.54 Å². The molecule has 1 unspecified atom stereocenters. The molecule has 1 saturated heterocycles. The van der Waals surface area contributed by atoms with Crippen molar-refractivity contribution in [2.75, 3.05) is 0 Å². The molecule has 0 radical (unpaired) electrons. The molecule has 0 aromatic heterocycles. The standard InChI is InChI=1S/C15H21NO2/c1-10(2)14(11(3)4)15(18,13(17)16-14)12-8-6-5-7-9-12/h5-11,18H,1-4H3,(H,16,17). The maximum Gasteiger partial charge on any atom is 0.259 e. The summed E-state index contributed by atoms with van der Waals surface area (Å²) >= 11 is 0. The summed E-state index contributed by atoms with van der Waals surface area (Å²) in [6.07, 6.45) is 0. The minimum Gasteiger partial charge on any atom is -0.373 e. The number of β-lactam (4-membered cyclic amide) rings is 1. The van der Waals surface area contributed by atoms with Crippen LogP contribution in [0.4, 0.5) is 0 Å². The lowest BCUT2D eigenvalue weighted by Gasteiger charge is -2.60. The zero-order valence-corrected chi connectivity index (χ0v) is 11.4. The number of carbonyl (C=O) groups excluding carboxylic acids is 1. The first-order chi connectivity index (χ1) is 8.37. The minimum absolute atomic E-state index is 0.153. The van der Waals surface area contributed by atoms with Crippen LogP contribution in [0.1, 0.15) is 33.3 Å². The number of carbonyl (C=O) groups is 1. The van der Waals surface area contributed by atoms with E-state index < -0.39 is 11.1 Å². The molecule has 0 aliphatic carbocycles. The molecule has 1 heterocycles. The Morgan fingerprint density at radius 2 is 1.56 bits per heavy atom. The second-order valence-electron chi connectivity index (χ2n) is 5.71. The predicted octanol–water partition coefficient (Wildman–Crippen LogP) is 2.05. The number of hydrogen-bond acceptors (Lipinski definition) is 2. The van der Waals surface area contributed by atoms with E-state index in [0.717, 1.165) is 0 Å². The monoisotopic (exact) mass is 247 g/mol. The van der Waals surface area contributed by atoms with E-state index in [2.05, 4.69) is 5.32 Å². The Morgan fingerprint density at radius 3 is 1.94 bits per heavy atom. The minimum atomic E-state index is -1.42. The van der Waals surface area contributed by atoms with Gasteiger partial charge in [0.1, 0.15) is 0 Å². The topological polar surface area (TPSA) is 49.3 Å². The summed E-state index contributed by atoms with van der Waals surface area (Å²) < 4.78 is 0. The zero-order chi connectivity index (χ0) is 13.6. The van der Waals surface area contributed by atoms with Crippen molar-refractivity contribution in [2.45, 2.75) is 38.8 Å². The molecule has 2 rings (SSSR count). The van der Waals surface area contributed by atoms with Gasteiger partial charge in [-0.05, 0) is 17.4 Å². The maximum atomic E-state index is 12.0. The van der Waals surface area contributed by atoms with Crippen LogP contribution in [0.15, 0.2) is 30.3 Å². The van der Waals surface area contributed by atoms with Gasteiger partial charge in [0, 0.05) is 0 Å². The number of benzene rings is 1. The number of hydrogen-bond donors (Lipinski definition) is 2. The molecular formula is C15H21NO2. The Kier molecular flexibility index (Phi) is 2.98. The first-order valence-electron chi connectivity index (χ1n) is 6.48. The Bertz CT molecular complexity index is 445. The van der Waals surface area contributed by atoms with Crippen LogP contribution in [-0.4, -0.2) is 16.6 Å². The van der Waals surface area contributed by atoms with Crippen molar-refractivity contribution in [3.05, 3.63) is 35.9 Å². The SMILES string of the molecule is CC(C)C1(C(C)C)NC(=O)C1(O)c1ccccc1. The molecule has 0 bridgehead atoms. The van der Waals surface area contributed by atoms with Crippen LogP contribution in [0.3, 0.4) is 0 Å². The zero-order valence-electron chi connectivity index (χ0n) is 11.4. The summed E-state index contributed by atoms with van der Waals surface area (Å²) in [6.45, 7) is 8.14. The van der Waals surface area contributed by atoms with E-state index in [-0.39, 0.29) is 17.7 Å². The number of amides is 1. The molecule has 0 saturated carbocycles. The fourth-order valence-corrected chi connectivity index (χ4v) is 3.33. The van der Waals surface area contributed by atoms with Crippen molar-refractivity contribution in [3.8, 4) is 0 Å². The van der Waals surface area contributed by atoms with Gasteiger partial charge in [-0.15, -0.1) is 0 Å². The largest absolute Gasteiger partial charge is 0.373 e. The van der Waals surface area contributed by atoms with Crippen molar-refractivity contribution in [1.29, 1.82) is 0 Å². The average Bonchev–Trinajstić information content (AvgIpc) is 2.34. The van der Waals surface area contributed by atoms with Gasteiger partial charge in [-0.1, -0.05) is 58.0 Å². The van der Waals surface area contributed by atoms with Gasteiger partial charge in [0.2, 0.25) is 0 Å². The fourth-order valence-electron chi connectivity index (χ4n) is 3.33. The lowest BCUT2D eigenvalue weighted by molar-refractivity contribution is -0.195. The van der Waals surface area contributed by atoms with Crippen LogP contribution in [0.25, 0.3) is 0 Å². The fraction of sp³-hybridized carbons (Fsp3) is 0.533. The molecule has 18 heavy (non-hydrogen) atoms. The third-order valence-electron chi connectivity index (χ3n) is 4.26. The Balaban J connectivity index is 2.56. The molecule has 1 atom stereocenters. The first-order valence-corrected chi connectivity index (χ1v) is 6.48. The highest BCUT2D eigenvalue weighted by molar-refractivity contribution is 5.96. The van der Waals surface area contributed by atoms with Crippen LogP contribution < -0.4 is 5.32 Å². The second kappa shape index (κ2) is 4.09. The molecule has 98 valence electrons. The van der Waals surface area contributed by atoms with Crippen LogP contribution >= 0.6 is 0 Å². The highest BCUT2D eigenvalue weighted by Gasteiger charge is 2.68. The summed E-state index contributed by atoms with van der Waals surface area (Å²) in [5.41, 5.74) is -1.33. The highest BCUT2D eigenvalue weighted by atomic mass is 16.3. The van der Waals surface area contributed by atoms with Crippen LogP contribution in [0.2, 0.25) is 0 Å². The van der Waals surface area contributed by atoms with Crippen LogP contribution in [-0.2, 0) is 10.4 Å². The lowest BCUT2D eigenvalue weighted by Crippen LogP contribution is -2.83. The molecule has 3 heteroatoms. The van der Waals surface area contributed by atoms with Gasteiger partial charge < -0.3 is 10.4 Å². The van der Waals surface area contributed by atoms with Crippen molar-refractivity contribution < 1.29 is 9.90 Å². The summed E-state index contributed by atoms with van der Waals surface area (Å²) in [5.74, 6) is 0.0110. The van der Waals surface area contributed by atoms with Crippen molar-refractivity contribution >= 4 is 5.91 Å². The van der Waals surface area contributed by atoms with E-state index in [1.165, 1.54) is 0 Å². The smallest absolute Gasteiger partial charge is 0.259 e. The van der Waals surface area contributed by atoms with Gasteiger partial charge in [-0.2, -0.15) is 0 Å². The van der Waals surface area contributed by atoms with E-state index in [9.17, 15) is 9.90 Å². The molecule has 1 aromatic rings. The Morgan fingerprint density at radius 1 is 1.06 bits per heavy atom. The summed E-state index contributed by atoms with van der Waals surface area (Å²) in [7, 11) is 0. The molecule has 3 nitrogen and oxygen atoms in total. The molecule has 1 amide bonds. The van der Waals surface area contributed by atoms with E-state index in [1.807, 2.05) is 58.0 Å². The molecule has 1 aliphatic heterocycles. The predicted molar refractivity (Wildman–Crippen MR) is 70.9 cm³/mol. The third kappa shape index (κ3) is 1.37.